The lowest BCUT2D eigenvalue weighted by atomic mass is 10.1. The van der Waals surface area contributed by atoms with Gasteiger partial charge >= 0.3 is 0 Å². The third-order valence-electron chi connectivity index (χ3n) is 4.09. The van der Waals surface area contributed by atoms with Gasteiger partial charge in [0.05, 0.1) is 5.25 Å². The van der Waals surface area contributed by atoms with Crippen LogP contribution in [-0.4, -0.2) is 38.7 Å². The molecule has 148 valence electrons. The maximum atomic E-state index is 12.2. The van der Waals surface area contributed by atoms with E-state index in [9.17, 15) is 13.2 Å². The van der Waals surface area contributed by atoms with E-state index >= 15 is 0 Å². The molecule has 26 heavy (non-hydrogen) atoms. The van der Waals surface area contributed by atoms with Gasteiger partial charge in [-0.15, -0.1) is 0 Å². The first kappa shape index (κ1) is 22.4. The Kier molecular flexibility index (Phi) is 9.08. The van der Waals surface area contributed by atoms with Crippen molar-refractivity contribution in [3.05, 3.63) is 29.3 Å². The highest BCUT2D eigenvalue weighted by atomic mass is 32.2. The number of amides is 1. The van der Waals surface area contributed by atoms with Crippen LogP contribution in [0.5, 0.6) is 0 Å². The largest absolute Gasteiger partial charge is 0.385 e. The standard InChI is InChI=1S/C19H33N3O3S/c1-14(2)22-19(23)17-10-9-11-18(16(17)5)20-12-7-6-8-13-21-26(24,25)15(3)4/h9-11,14-15,20-21H,6-8,12-13H2,1-5H3,(H,22,23). The quantitative estimate of drug-likeness (QED) is 0.513. The van der Waals surface area contributed by atoms with E-state index in [1.165, 1.54) is 0 Å². The highest BCUT2D eigenvalue weighted by Gasteiger charge is 2.14. The van der Waals surface area contributed by atoms with Gasteiger partial charge in [-0.3, -0.25) is 4.79 Å². The van der Waals surface area contributed by atoms with Crippen molar-refractivity contribution in [1.82, 2.24) is 10.0 Å². The van der Waals surface area contributed by atoms with Crippen molar-refractivity contribution >= 4 is 21.6 Å². The molecule has 0 spiro atoms. The average Bonchev–Trinajstić information content (AvgIpc) is 2.54. The molecule has 1 rings (SSSR count). The van der Waals surface area contributed by atoms with Gasteiger partial charge in [-0.05, 0) is 65.2 Å². The second kappa shape index (κ2) is 10.5. The summed E-state index contributed by atoms with van der Waals surface area (Å²) in [6.45, 7) is 10.4. The fraction of sp³-hybridized carbons (Fsp3) is 0.632. The Morgan fingerprint density at radius 3 is 2.31 bits per heavy atom. The molecule has 0 unspecified atom stereocenters. The fourth-order valence-electron chi connectivity index (χ4n) is 2.44. The maximum Gasteiger partial charge on any atom is 0.251 e. The molecule has 1 amide bonds. The zero-order valence-corrected chi connectivity index (χ0v) is 17.4. The van der Waals surface area contributed by atoms with Gasteiger partial charge in [0, 0.05) is 30.4 Å². The number of carbonyl (C=O) groups is 1. The fourth-order valence-corrected chi connectivity index (χ4v) is 3.21. The molecular formula is C19H33N3O3S. The summed E-state index contributed by atoms with van der Waals surface area (Å²) >= 11 is 0. The highest BCUT2D eigenvalue weighted by Crippen LogP contribution is 2.19. The number of anilines is 1. The van der Waals surface area contributed by atoms with E-state index in [2.05, 4.69) is 15.4 Å². The Balaban J connectivity index is 2.39. The highest BCUT2D eigenvalue weighted by molar-refractivity contribution is 7.90. The minimum atomic E-state index is -3.16. The minimum absolute atomic E-state index is 0.0569. The first-order valence-corrected chi connectivity index (χ1v) is 10.8. The maximum absolute atomic E-state index is 12.2. The van der Waals surface area contributed by atoms with Crippen LogP contribution >= 0.6 is 0 Å². The summed E-state index contributed by atoms with van der Waals surface area (Å²) in [6, 6.07) is 5.79. The third-order valence-corrected chi connectivity index (χ3v) is 5.94. The van der Waals surface area contributed by atoms with Gasteiger partial charge in [0.25, 0.3) is 5.91 Å². The van der Waals surface area contributed by atoms with E-state index < -0.39 is 15.3 Å². The minimum Gasteiger partial charge on any atom is -0.385 e. The van der Waals surface area contributed by atoms with Gasteiger partial charge in [-0.2, -0.15) is 0 Å². The molecule has 0 aliphatic carbocycles. The Morgan fingerprint density at radius 2 is 1.69 bits per heavy atom. The molecular weight excluding hydrogens is 350 g/mol. The molecule has 0 fully saturated rings. The van der Waals surface area contributed by atoms with Crippen molar-refractivity contribution in [3.63, 3.8) is 0 Å². The lowest BCUT2D eigenvalue weighted by molar-refractivity contribution is 0.0942. The number of nitrogens with one attached hydrogen (secondary N) is 3. The molecule has 0 radical (unpaired) electrons. The lowest BCUT2D eigenvalue weighted by Crippen LogP contribution is -2.31. The van der Waals surface area contributed by atoms with Gasteiger partial charge in [0.1, 0.15) is 0 Å². The lowest BCUT2D eigenvalue weighted by Gasteiger charge is -2.15. The Labute approximate surface area is 158 Å². The number of sulfonamides is 1. The SMILES string of the molecule is Cc1c(NCCCCCNS(=O)(=O)C(C)C)cccc1C(=O)NC(C)C. The third kappa shape index (κ3) is 7.33. The van der Waals surface area contributed by atoms with Gasteiger partial charge in [-0.1, -0.05) is 12.5 Å². The van der Waals surface area contributed by atoms with Gasteiger partial charge in [0.2, 0.25) is 10.0 Å². The van der Waals surface area contributed by atoms with E-state index in [1.54, 1.807) is 13.8 Å². The average molecular weight is 384 g/mol. The summed E-state index contributed by atoms with van der Waals surface area (Å²) in [4.78, 5) is 12.2. The van der Waals surface area contributed by atoms with Gasteiger partial charge < -0.3 is 10.6 Å². The van der Waals surface area contributed by atoms with Gasteiger partial charge in [0.15, 0.2) is 0 Å². The Morgan fingerprint density at radius 1 is 1.04 bits per heavy atom. The van der Waals surface area contributed by atoms with Crippen molar-refractivity contribution in [2.45, 2.75) is 65.2 Å². The van der Waals surface area contributed by atoms with E-state index in [0.29, 0.717) is 12.1 Å². The predicted molar refractivity (Wildman–Crippen MR) is 108 cm³/mol. The van der Waals surface area contributed by atoms with Crippen LogP contribution in [0.25, 0.3) is 0 Å². The molecule has 0 heterocycles. The molecule has 0 aliphatic rings. The van der Waals surface area contributed by atoms with Crippen molar-refractivity contribution in [2.75, 3.05) is 18.4 Å². The van der Waals surface area contributed by atoms with E-state index in [0.717, 1.165) is 37.1 Å². The molecule has 7 heteroatoms. The monoisotopic (exact) mass is 383 g/mol. The molecule has 0 atom stereocenters. The molecule has 3 N–H and O–H groups in total. The molecule has 1 aromatic rings. The Hall–Kier alpha value is -1.60. The summed E-state index contributed by atoms with van der Waals surface area (Å²) in [7, 11) is -3.16. The van der Waals surface area contributed by atoms with Crippen molar-refractivity contribution in [3.8, 4) is 0 Å². The van der Waals surface area contributed by atoms with Crippen LogP contribution in [0.4, 0.5) is 5.69 Å². The predicted octanol–water partition coefficient (Wildman–Crippen LogP) is 3.04. The zero-order chi connectivity index (χ0) is 19.7. The van der Waals surface area contributed by atoms with Gasteiger partial charge in [-0.25, -0.2) is 13.1 Å². The first-order valence-electron chi connectivity index (χ1n) is 9.28. The zero-order valence-electron chi connectivity index (χ0n) is 16.6. The summed E-state index contributed by atoms with van der Waals surface area (Å²) in [5, 5.41) is 5.89. The number of rotatable bonds is 11. The second-order valence-corrected chi connectivity index (χ2v) is 9.40. The van der Waals surface area contributed by atoms with E-state index in [4.69, 9.17) is 0 Å². The molecule has 0 bridgehead atoms. The summed E-state index contributed by atoms with van der Waals surface area (Å²) in [6.07, 6.45) is 2.68. The van der Waals surface area contributed by atoms with E-state index in [-0.39, 0.29) is 11.9 Å². The molecule has 0 saturated heterocycles. The van der Waals surface area contributed by atoms with Crippen LogP contribution in [0.15, 0.2) is 18.2 Å². The van der Waals surface area contributed by atoms with E-state index in [1.807, 2.05) is 39.0 Å². The van der Waals surface area contributed by atoms with Crippen LogP contribution in [0.1, 0.15) is 62.9 Å². The molecule has 1 aromatic carbocycles. The number of hydrogen-bond acceptors (Lipinski definition) is 4. The second-order valence-electron chi connectivity index (χ2n) is 7.08. The summed E-state index contributed by atoms with van der Waals surface area (Å²) in [5.41, 5.74) is 2.59. The summed E-state index contributed by atoms with van der Waals surface area (Å²) < 4.78 is 25.9. The van der Waals surface area contributed by atoms with Crippen LogP contribution < -0.4 is 15.4 Å². The first-order chi connectivity index (χ1) is 12.1. The smallest absolute Gasteiger partial charge is 0.251 e. The van der Waals surface area contributed by atoms with Crippen LogP contribution in [-0.2, 0) is 10.0 Å². The van der Waals surface area contributed by atoms with Crippen LogP contribution in [0.3, 0.4) is 0 Å². The van der Waals surface area contributed by atoms with Crippen molar-refractivity contribution in [1.29, 1.82) is 0 Å². The number of carbonyl (C=O) groups excluding carboxylic acids is 1. The normalized spacial score (nSPS) is 11.8. The number of hydrogen-bond donors (Lipinski definition) is 3. The van der Waals surface area contributed by atoms with Crippen molar-refractivity contribution in [2.24, 2.45) is 0 Å². The number of unbranched alkanes of at least 4 members (excludes halogenated alkanes) is 2. The topological polar surface area (TPSA) is 87.3 Å². The molecule has 0 saturated carbocycles. The molecule has 0 aromatic heterocycles. The van der Waals surface area contributed by atoms with Crippen molar-refractivity contribution < 1.29 is 13.2 Å². The number of benzene rings is 1. The molecule has 0 aliphatic heterocycles. The summed E-state index contributed by atoms with van der Waals surface area (Å²) in [5.74, 6) is -0.0569. The van der Waals surface area contributed by atoms with Crippen LogP contribution in [0, 0.1) is 6.92 Å². The van der Waals surface area contributed by atoms with Crippen LogP contribution in [0.2, 0.25) is 0 Å². The molecule has 6 nitrogen and oxygen atoms in total. The Bertz CT molecular complexity index is 685.